The highest BCUT2D eigenvalue weighted by atomic mass is 35.5. The van der Waals surface area contributed by atoms with Crippen LogP contribution in [0.1, 0.15) is 12.6 Å². The maximum absolute atomic E-state index is 13.7. The summed E-state index contributed by atoms with van der Waals surface area (Å²) in [5.41, 5.74) is 2.27. The van der Waals surface area contributed by atoms with Crippen LogP contribution in [-0.4, -0.2) is 74.3 Å². The lowest BCUT2D eigenvalue weighted by Gasteiger charge is -2.26. The second-order valence-corrected chi connectivity index (χ2v) is 9.43. The molecule has 202 valence electrons. The first-order valence-electron chi connectivity index (χ1n) is 12.3. The Balaban J connectivity index is 1.71. The predicted molar refractivity (Wildman–Crippen MR) is 152 cm³/mol. The fourth-order valence-corrected chi connectivity index (χ4v) is 5.17. The summed E-state index contributed by atoms with van der Waals surface area (Å²) in [5, 5.41) is 12.4. The Morgan fingerprint density at radius 1 is 1.16 bits per heavy atom. The molecule has 0 saturated carbocycles. The second kappa shape index (κ2) is 12.6. The molecular weight excluding hydrogens is 529 g/mol. The van der Waals surface area contributed by atoms with Crippen LogP contribution in [0, 0.1) is 5.41 Å². The molecule has 3 heterocycles. The number of allylic oxidation sites excluding steroid dienone is 1. The molecule has 2 N–H and O–H groups in total. The van der Waals surface area contributed by atoms with Crippen molar-refractivity contribution in [3.63, 3.8) is 0 Å². The van der Waals surface area contributed by atoms with Crippen LogP contribution >= 0.6 is 23.2 Å². The third-order valence-corrected chi connectivity index (χ3v) is 7.27. The molecule has 38 heavy (non-hydrogen) atoms. The van der Waals surface area contributed by atoms with Gasteiger partial charge in [-0.3, -0.25) is 14.7 Å². The first kappa shape index (κ1) is 27.9. The van der Waals surface area contributed by atoms with E-state index in [9.17, 15) is 4.79 Å². The number of aromatic nitrogens is 2. The van der Waals surface area contributed by atoms with Gasteiger partial charge in [0.15, 0.2) is 0 Å². The lowest BCUT2D eigenvalue weighted by atomic mass is 10.0. The van der Waals surface area contributed by atoms with Gasteiger partial charge in [0.2, 0.25) is 0 Å². The highest BCUT2D eigenvalue weighted by Gasteiger charge is 2.22. The third kappa shape index (κ3) is 5.66. The predicted octanol–water partition coefficient (Wildman–Crippen LogP) is 4.32. The molecule has 1 aliphatic heterocycles. The van der Waals surface area contributed by atoms with Gasteiger partial charge in [-0.2, -0.15) is 0 Å². The van der Waals surface area contributed by atoms with E-state index in [-0.39, 0.29) is 15.6 Å². The van der Waals surface area contributed by atoms with Gasteiger partial charge in [0.05, 0.1) is 54.3 Å². The van der Waals surface area contributed by atoms with Crippen LogP contribution in [-0.2, 0) is 11.3 Å². The monoisotopic (exact) mass is 559 g/mol. The number of benzene rings is 1. The van der Waals surface area contributed by atoms with Gasteiger partial charge < -0.3 is 29.5 Å². The van der Waals surface area contributed by atoms with Crippen LogP contribution in [0.15, 0.2) is 35.4 Å². The Morgan fingerprint density at radius 2 is 1.84 bits per heavy atom. The number of ether oxygens (including phenoxy) is 3. The molecule has 0 radical (unpaired) electrons. The summed E-state index contributed by atoms with van der Waals surface area (Å²) >= 11 is 13.2. The van der Waals surface area contributed by atoms with Gasteiger partial charge in [0.1, 0.15) is 11.5 Å². The molecule has 0 atom stereocenters. The standard InChI is InChI=1S/C27H31Cl2N5O4/c1-4-34-21-12-20(18(14-30)15-31-5-6-33-7-9-38-10-8-33)32-16-17(21)11-19(27(34)35)24-25(28)22(36-2)13-23(37-3)26(24)29/h11-16,30-31H,4-10H2,1-3H3/b18-15+,30-14?. The molecule has 11 heteroatoms. The van der Waals surface area contributed by atoms with Gasteiger partial charge in [-0.15, -0.1) is 0 Å². The summed E-state index contributed by atoms with van der Waals surface area (Å²) in [7, 11) is 2.97. The zero-order valence-corrected chi connectivity index (χ0v) is 23.2. The maximum Gasteiger partial charge on any atom is 0.259 e. The third-order valence-electron chi connectivity index (χ3n) is 6.52. The van der Waals surface area contributed by atoms with Crippen molar-refractivity contribution in [2.75, 3.05) is 53.6 Å². The van der Waals surface area contributed by atoms with Gasteiger partial charge in [0.25, 0.3) is 5.56 Å². The Kier molecular flexibility index (Phi) is 9.27. The topological polar surface area (TPSA) is 102 Å². The molecule has 0 amide bonds. The van der Waals surface area contributed by atoms with E-state index < -0.39 is 0 Å². The fourth-order valence-electron chi connectivity index (χ4n) is 4.46. The number of nitrogens with one attached hydrogen (secondary N) is 2. The van der Waals surface area contributed by atoms with E-state index in [2.05, 4.69) is 15.2 Å². The number of methoxy groups -OCH3 is 2. The minimum Gasteiger partial charge on any atom is -0.495 e. The van der Waals surface area contributed by atoms with Crippen molar-refractivity contribution in [2.24, 2.45) is 0 Å². The largest absolute Gasteiger partial charge is 0.495 e. The fraction of sp³-hybridized carbons (Fsp3) is 0.370. The second-order valence-electron chi connectivity index (χ2n) is 8.67. The zero-order chi connectivity index (χ0) is 27.2. The van der Waals surface area contributed by atoms with Gasteiger partial charge in [-0.1, -0.05) is 23.2 Å². The molecule has 0 unspecified atom stereocenters. The summed E-state index contributed by atoms with van der Waals surface area (Å²) in [4.78, 5) is 20.6. The van der Waals surface area contributed by atoms with Crippen molar-refractivity contribution in [3.8, 4) is 22.6 Å². The number of morpholine rings is 1. The number of hydrogen-bond donors (Lipinski definition) is 2. The molecule has 0 aliphatic carbocycles. The molecule has 1 saturated heterocycles. The van der Waals surface area contributed by atoms with E-state index in [4.69, 9.17) is 42.8 Å². The van der Waals surface area contributed by atoms with Gasteiger partial charge >= 0.3 is 0 Å². The number of halogens is 2. The van der Waals surface area contributed by atoms with Crippen LogP contribution in [0.5, 0.6) is 11.5 Å². The smallest absolute Gasteiger partial charge is 0.259 e. The lowest BCUT2D eigenvalue weighted by molar-refractivity contribution is 0.0388. The Bertz CT molecular complexity index is 1390. The van der Waals surface area contributed by atoms with Crippen LogP contribution < -0.4 is 20.3 Å². The van der Waals surface area contributed by atoms with E-state index in [0.717, 1.165) is 44.8 Å². The van der Waals surface area contributed by atoms with E-state index in [0.29, 0.717) is 46.0 Å². The molecule has 3 aromatic rings. The van der Waals surface area contributed by atoms with Crippen molar-refractivity contribution in [1.29, 1.82) is 5.41 Å². The molecule has 9 nitrogen and oxygen atoms in total. The average Bonchev–Trinajstić information content (AvgIpc) is 2.94. The summed E-state index contributed by atoms with van der Waals surface area (Å²) in [6.45, 7) is 7.27. The van der Waals surface area contributed by atoms with Crippen molar-refractivity contribution in [3.05, 3.63) is 56.7 Å². The van der Waals surface area contributed by atoms with E-state index in [1.165, 1.54) is 20.4 Å². The van der Waals surface area contributed by atoms with E-state index in [1.807, 2.05) is 13.0 Å². The lowest BCUT2D eigenvalue weighted by Crippen LogP contribution is -2.39. The zero-order valence-electron chi connectivity index (χ0n) is 21.6. The normalized spacial score (nSPS) is 14.5. The van der Waals surface area contributed by atoms with Crippen LogP contribution in [0.4, 0.5) is 0 Å². The number of hydrogen-bond acceptors (Lipinski definition) is 8. The van der Waals surface area contributed by atoms with Gasteiger partial charge in [-0.25, -0.2) is 0 Å². The molecular formula is C27H31Cl2N5O4. The van der Waals surface area contributed by atoms with Crippen LogP contribution in [0.25, 0.3) is 27.6 Å². The number of fused-ring (bicyclic) bond motifs is 1. The van der Waals surface area contributed by atoms with Crippen molar-refractivity contribution >= 4 is 45.9 Å². The molecule has 1 aromatic carbocycles. The Morgan fingerprint density at radius 3 is 2.45 bits per heavy atom. The summed E-state index contributed by atoms with van der Waals surface area (Å²) < 4.78 is 17.8. The van der Waals surface area contributed by atoms with Gasteiger partial charge in [0, 0.05) is 73.9 Å². The van der Waals surface area contributed by atoms with Crippen molar-refractivity contribution < 1.29 is 14.2 Å². The summed E-state index contributed by atoms with van der Waals surface area (Å²) in [6.07, 6.45) is 4.72. The Hall–Kier alpha value is -3.11. The highest BCUT2D eigenvalue weighted by Crippen LogP contribution is 2.45. The molecule has 1 fully saturated rings. The quantitative estimate of drug-likeness (QED) is 0.281. The van der Waals surface area contributed by atoms with Crippen LogP contribution in [0.3, 0.4) is 0 Å². The van der Waals surface area contributed by atoms with Crippen LogP contribution in [0.2, 0.25) is 10.0 Å². The summed E-state index contributed by atoms with van der Waals surface area (Å²) in [5.74, 6) is 0.696. The average molecular weight is 560 g/mol. The SMILES string of the molecule is CCn1c(=O)c(-c2c(Cl)c(OC)cc(OC)c2Cl)cc2cnc(/C(C=N)=C/NCCN3CCOCC3)cc21. The number of nitrogens with zero attached hydrogens (tertiary/aromatic N) is 3. The summed E-state index contributed by atoms with van der Waals surface area (Å²) in [6, 6.07) is 5.13. The molecule has 0 bridgehead atoms. The molecule has 4 rings (SSSR count). The molecule has 0 spiro atoms. The van der Waals surface area contributed by atoms with Crippen molar-refractivity contribution in [2.45, 2.75) is 13.5 Å². The Labute approximate surface area is 231 Å². The number of aryl methyl sites for hydroxylation is 1. The molecule has 1 aliphatic rings. The van der Waals surface area contributed by atoms with E-state index in [1.54, 1.807) is 29.1 Å². The first-order chi connectivity index (χ1) is 18.4. The minimum absolute atomic E-state index is 0.221. The number of rotatable bonds is 10. The highest BCUT2D eigenvalue weighted by molar-refractivity contribution is 6.41. The van der Waals surface area contributed by atoms with Crippen molar-refractivity contribution in [1.82, 2.24) is 19.8 Å². The van der Waals surface area contributed by atoms with Gasteiger partial charge in [-0.05, 0) is 19.1 Å². The first-order valence-corrected chi connectivity index (χ1v) is 13.1. The number of pyridine rings is 2. The molecule has 2 aromatic heterocycles. The maximum atomic E-state index is 13.7. The van der Waals surface area contributed by atoms with E-state index >= 15 is 0 Å². The minimum atomic E-state index is -0.264.